The lowest BCUT2D eigenvalue weighted by molar-refractivity contribution is -0.243. The van der Waals surface area contributed by atoms with Crippen molar-refractivity contribution in [1.82, 2.24) is 0 Å². The van der Waals surface area contributed by atoms with E-state index in [1.807, 2.05) is 6.92 Å². The maximum Gasteiger partial charge on any atom is 0.0883 e. The lowest BCUT2D eigenvalue weighted by Gasteiger charge is -2.58. The summed E-state index contributed by atoms with van der Waals surface area (Å²) in [7, 11) is 0. The largest absolute Gasteiger partial charge is 0.390 e. The minimum absolute atomic E-state index is 0.0473. The second kappa shape index (κ2) is 3.31. The third kappa shape index (κ3) is 1.13. The number of fused-ring (bicyclic) bond motifs is 3. The summed E-state index contributed by atoms with van der Waals surface area (Å²) in [6, 6.07) is 0. The molecule has 3 saturated carbocycles. The van der Waals surface area contributed by atoms with Gasteiger partial charge in [0.15, 0.2) is 0 Å². The van der Waals surface area contributed by atoms with Crippen molar-refractivity contribution in [2.24, 2.45) is 28.6 Å². The minimum atomic E-state index is -0.821. The predicted molar refractivity (Wildman–Crippen MR) is 68.8 cm³/mol. The van der Waals surface area contributed by atoms with E-state index < -0.39 is 23.2 Å². The quantitative estimate of drug-likeness (QED) is 0.614. The first-order valence-corrected chi connectivity index (χ1v) is 7.27. The zero-order chi connectivity index (χ0) is 13.5. The Morgan fingerprint density at radius 2 is 1.72 bits per heavy atom. The van der Waals surface area contributed by atoms with Crippen LogP contribution in [0.25, 0.3) is 0 Å². The lowest BCUT2D eigenvalue weighted by atomic mass is 9.52. The minimum Gasteiger partial charge on any atom is -0.390 e. The Bertz CT molecular complexity index is 380. The van der Waals surface area contributed by atoms with Gasteiger partial charge in [0.25, 0.3) is 0 Å². The molecule has 0 heterocycles. The summed E-state index contributed by atoms with van der Waals surface area (Å²) in [4.78, 5) is 0. The Balaban J connectivity index is 2.11. The summed E-state index contributed by atoms with van der Waals surface area (Å²) in [5, 5.41) is 32.3. The van der Waals surface area contributed by atoms with E-state index in [1.165, 1.54) is 0 Å². The second-order valence-corrected chi connectivity index (χ2v) is 7.80. The fourth-order valence-corrected chi connectivity index (χ4v) is 5.53. The molecule has 104 valence electrons. The van der Waals surface area contributed by atoms with Gasteiger partial charge in [0, 0.05) is 5.41 Å². The van der Waals surface area contributed by atoms with E-state index in [4.69, 9.17) is 0 Å². The number of aliphatic hydroxyl groups excluding tert-OH is 2. The van der Waals surface area contributed by atoms with Gasteiger partial charge < -0.3 is 15.3 Å². The van der Waals surface area contributed by atoms with Crippen LogP contribution >= 0.6 is 0 Å². The van der Waals surface area contributed by atoms with Crippen molar-refractivity contribution in [2.45, 2.75) is 64.8 Å². The second-order valence-electron chi connectivity index (χ2n) is 7.80. The Kier molecular flexibility index (Phi) is 2.37. The summed E-state index contributed by atoms with van der Waals surface area (Å²) in [6.07, 6.45) is 1.38. The molecule has 3 aliphatic rings. The van der Waals surface area contributed by atoms with Crippen molar-refractivity contribution in [3.05, 3.63) is 0 Å². The molecule has 3 aliphatic carbocycles. The molecule has 0 aromatic rings. The van der Waals surface area contributed by atoms with Crippen LogP contribution in [0.3, 0.4) is 0 Å². The highest BCUT2D eigenvalue weighted by atomic mass is 16.3. The van der Waals surface area contributed by atoms with Crippen LogP contribution in [-0.4, -0.2) is 33.1 Å². The highest BCUT2D eigenvalue weighted by Crippen LogP contribution is 2.75. The van der Waals surface area contributed by atoms with Crippen LogP contribution in [0.4, 0.5) is 0 Å². The number of hydrogen-bond donors (Lipinski definition) is 3. The fourth-order valence-electron chi connectivity index (χ4n) is 5.53. The van der Waals surface area contributed by atoms with Crippen LogP contribution < -0.4 is 0 Å². The zero-order valence-electron chi connectivity index (χ0n) is 11.8. The molecule has 0 bridgehead atoms. The summed E-state index contributed by atoms with van der Waals surface area (Å²) in [5.41, 5.74) is -1.43. The van der Waals surface area contributed by atoms with E-state index >= 15 is 0 Å². The standard InChI is InChI=1S/C15H26O3/c1-8-6-5-7-14(4)12(17)10(16)9-11(13(9,2)3)15(8,14)18/h8-12,16-18H,5-7H2,1-4H3. The van der Waals surface area contributed by atoms with Gasteiger partial charge in [-0.25, -0.2) is 0 Å². The molecule has 7 unspecified atom stereocenters. The van der Waals surface area contributed by atoms with Gasteiger partial charge in [0.2, 0.25) is 0 Å². The smallest absolute Gasteiger partial charge is 0.0883 e. The number of rotatable bonds is 0. The first kappa shape index (κ1) is 12.9. The molecule has 3 nitrogen and oxygen atoms in total. The van der Waals surface area contributed by atoms with Gasteiger partial charge >= 0.3 is 0 Å². The van der Waals surface area contributed by atoms with Gasteiger partial charge in [-0.15, -0.1) is 0 Å². The Labute approximate surface area is 109 Å². The van der Waals surface area contributed by atoms with Crippen LogP contribution in [-0.2, 0) is 0 Å². The van der Waals surface area contributed by atoms with Crippen LogP contribution in [0.1, 0.15) is 47.0 Å². The SMILES string of the molecule is CC1CCCC2(C)C(O)C(O)C3C(C3(C)C)C12O. The van der Waals surface area contributed by atoms with Gasteiger partial charge in [0.05, 0.1) is 17.8 Å². The van der Waals surface area contributed by atoms with E-state index in [1.54, 1.807) is 0 Å². The predicted octanol–water partition coefficient (Wildman–Crippen LogP) is 1.55. The summed E-state index contributed by atoms with van der Waals surface area (Å²) < 4.78 is 0. The van der Waals surface area contributed by atoms with E-state index in [9.17, 15) is 15.3 Å². The van der Waals surface area contributed by atoms with Crippen LogP contribution in [0.5, 0.6) is 0 Å². The molecule has 3 fully saturated rings. The van der Waals surface area contributed by atoms with Gasteiger partial charge in [-0.05, 0) is 36.0 Å². The van der Waals surface area contributed by atoms with Crippen molar-refractivity contribution < 1.29 is 15.3 Å². The average Bonchev–Trinajstić information content (AvgIpc) is 2.86. The number of hydrogen-bond acceptors (Lipinski definition) is 3. The molecule has 0 aromatic heterocycles. The molecule has 18 heavy (non-hydrogen) atoms. The maximum atomic E-state index is 11.4. The molecule has 0 radical (unpaired) electrons. The number of aliphatic hydroxyl groups is 3. The van der Waals surface area contributed by atoms with E-state index in [2.05, 4.69) is 20.8 Å². The van der Waals surface area contributed by atoms with Gasteiger partial charge in [-0.3, -0.25) is 0 Å². The van der Waals surface area contributed by atoms with E-state index in [-0.39, 0.29) is 23.2 Å². The van der Waals surface area contributed by atoms with Crippen molar-refractivity contribution in [3.8, 4) is 0 Å². The third-order valence-electron chi connectivity index (χ3n) is 6.73. The molecular weight excluding hydrogens is 228 g/mol. The molecular formula is C15H26O3. The van der Waals surface area contributed by atoms with Crippen molar-refractivity contribution in [3.63, 3.8) is 0 Å². The van der Waals surface area contributed by atoms with Gasteiger partial charge in [-0.2, -0.15) is 0 Å². The fraction of sp³-hybridized carbons (Fsp3) is 1.00. The third-order valence-corrected chi connectivity index (χ3v) is 6.73. The highest BCUT2D eigenvalue weighted by molar-refractivity contribution is 5.28. The lowest BCUT2D eigenvalue weighted by Crippen LogP contribution is -2.66. The Morgan fingerprint density at radius 1 is 1.11 bits per heavy atom. The molecule has 0 spiro atoms. The van der Waals surface area contributed by atoms with Crippen LogP contribution in [0.15, 0.2) is 0 Å². The Hall–Kier alpha value is -0.120. The molecule has 0 aromatic carbocycles. The average molecular weight is 254 g/mol. The summed E-state index contributed by atoms with van der Waals surface area (Å²) in [5.74, 6) is 0.377. The molecule has 0 amide bonds. The van der Waals surface area contributed by atoms with Crippen molar-refractivity contribution >= 4 is 0 Å². The molecule has 3 N–H and O–H groups in total. The molecule has 3 heteroatoms. The van der Waals surface area contributed by atoms with E-state index in [0.29, 0.717) is 0 Å². The summed E-state index contributed by atoms with van der Waals surface area (Å²) in [6.45, 7) is 8.31. The topological polar surface area (TPSA) is 60.7 Å². The highest BCUT2D eigenvalue weighted by Gasteiger charge is 2.79. The van der Waals surface area contributed by atoms with Crippen molar-refractivity contribution in [2.75, 3.05) is 0 Å². The zero-order valence-corrected chi connectivity index (χ0v) is 11.8. The van der Waals surface area contributed by atoms with Crippen LogP contribution in [0.2, 0.25) is 0 Å². The maximum absolute atomic E-state index is 11.4. The summed E-state index contributed by atoms with van der Waals surface area (Å²) >= 11 is 0. The normalized spacial score (nSPS) is 61.8. The molecule has 0 aliphatic heterocycles. The first-order chi connectivity index (χ1) is 8.19. The van der Waals surface area contributed by atoms with Gasteiger partial charge in [-0.1, -0.05) is 34.1 Å². The van der Waals surface area contributed by atoms with Gasteiger partial charge in [0.1, 0.15) is 0 Å². The van der Waals surface area contributed by atoms with E-state index in [0.717, 1.165) is 19.3 Å². The Morgan fingerprint density at radius 3 is 2.33 bits per heavy atom. The molecule has 3 rings (SSSR count). The molecule has 0 saturated heterocycles. The van der Waals surface area contributed by atoms with Crippen LogP contribution in [0, 0.1) is 28.6 Å². The molecule has 7 atom stereocenters. The monoisotopic (exact) mass is 254 g/mol. The first-order valence-electron chi connectivity index (χ1n) is 7.27. The van der Waals surface area contributed by atoms with Crippen molar-refractivity contribution in [1.29, 1.82) is 0 Å².